The number of rotatable bonds is 4. The van der Waals surface area contributed by atoms with Crippen LogP contribution in [0.3, 0.4) is 0 Å². The predicted molar refractivity (Wildman–Crippen MR) is 63.3 cm³/mol. The molecule has 0 N–H and O–H groups in total. The quantitative estimate of drug-likeness (QED) is 0.696. The number of nitrogens with zero attached hydrogens (tertiary/aromatic N) is 1. The fourth-order valence-electron chi connectivity index (χ4n) is 1.26. The van der Waals surface area contributed by atoms with E-state index in [-0.39, 0.29) is 0 Å². The van der Waals surface area contributed by atoms with E-state index in [1.807, 2.05) is 13.8 Å². The van der Waals surface area contributed by atoms with Gasteiger partial charge in [0, 0.05) is 7.05 Å². The molecule has 0 aromatic heterocycles. The van der Waals surface area contributed by atoms with Crippen LogP contribution in [0.15, 0.2) is 0 Å². The predicted octanol–water partition coefficient (Wildman–Crippen LogP) is 2.47. The third kappa shape index (κ3) is 5.73. The number of amides is 1. The fourth-order valence-corrected chi connectivity index (χ4v) is 1.26. The molecule has 0 aliphatic carbocycles. The van der Waals surface area contributed by atoms with Crippen LogP contribution in [0.5, 0.6) is 0 Å². The number of carbonyl (C=O) groups excluding carboxylic acids is 2. The zero-order valence-electron chi connectivity index (χ0n) is 11.1. The number of hydrogen-bond donors (Lipinski definition) is 0. The molecule has 0 aliphatic rings. The Kier molecular flexibility index (Phi) is 5.48. The van der Waals surface area contributed by atoms with Gasteiger partial charge in [0.1, 0.15) is 11.9 Å². The van der Waals surface area contributed by atoms with Crippen molar-refractivity contribution in [2.45, 2.75) is 52.7 Å². The molecule has 0 aromatic rings. The minimum Gasteiger partial charge on any atom is -0.444 e. The summed E-state index contributed by atoms with van der Waals surface area (Å²) in [5.41, 5.74) is -0.531. The lowest BCUT2D eigenvalue weighted by molar-refractivity contribution is -0.112. The van der Waals surface area contributed by atoms with Crippen LogP contribution in [0, 0.1) is 5.92 Å². The first-order valence-electron chi connectivity index (χ1n) is 5.58. The van der Waals surface area contributed by atoms with E-state index in [9.17, 15) is 9.59 Å². The SMILES string of the molecule is CC(C)CC(C=O)N(C)C(=O)OC(C)(C)C. The molecule has 0 aromatic carbocycles. The van der Waals surface area contributed by atoms with Gasteiger partial charge in [-0.3, -0.25) is 0 Å². The van der Waals surface area contributed by atoms with E-state index >= 15 is 0 Å². The first-order chi connectivity index (χ1) is 7.17. The van der Waals surface area contributed by atoms with Gasteiger partial charge < -0.3 is 14.4 Å². The second kappa shape index (κ2) is 5.87. The summed E-state index contributed by atoms with van der Waals surface area (Å²) in [6.07, 6.45) is 0.994. The summed E-state index contributed by atoms with van der Waals surface area (Å²) in [5.74, 6) is 0.361. The molecule has 1 unspecified atom stereocenters. The Bertz CT molecular complexity index is 243. The van der Waals surface area contributed by atoms with Gasteiger partial charge in [-0.15, -0.1) is 0 Å². The monoisotopic (exact) mass is 229 g/mol. The molecule has 16 heavy (non-hydrogen) atoms. The minimum absolute atomic E-state index is 0.361. The zero-order valence-corrected chi connectivity index (χ0v) is 11.1. The highest BCUT2D eigenvalue weighted by atomic mass is 16.6. The van der Waals surface area contributed by atoms with Gasteiger partial charge in [0.05, 0.1) is 6.04 Å². The minimum atomic E-state index is -0.531. The van der Waals surface area contributed by atoms with Crippen molar-refractivity contribution in [1.82, 2.24) is 4.90 Å². The Morgan fingerprint density at radius 2 is 1.88 bits per heavy atom. The second-order valence-corrected chi connectivity index (χ2v) is 5.42. The van der Waals surface area contributed by atoms with Crippen LogP contribution in [0.25, 0.3) is 0 Å². The van der Waals surface area contributed by atoms with E-state index in [0.29, 0.717) is 12.3 Å². The van der Waals surface area contributed by atoms with Gasteiger partial charge in [0.2, 0.25) is 0 Å². The van der Waals surface area contributed by atoms with Crippen LogP contribution < -0.4 is 0 Å². The van der Waals surface area contributed by atoms with E-state index in [1.54, 1.807) is 27.8 Å². The van der Waals surface area contributed by atoms with Gasteiger partial charge in [0.25, 0.3) is 0 Å². The van der Waals surface area contributed by atoms with Crippen LogP contribution in [-0.4, -0.2) is 36.0 Å². The van der Waals surface area contributed by atoms with Gasteiger partial charge in [-0.1, -0.05) is 13.8 Å². The van der Waals surface area contributed by atoms with Crippen molar-refractivity contribution in [2.24, 2.45) is 5.92 Å². The molecule has 0 radical (unpaired) electrons. The Morgan fingerprint density at radius 1 is 1.38 bits per heavy atom. The summed E-state index contributed by atoms with van der Waals surface area (Å²) in [6.45, 7) is 9.43. The maximum absolute atomic E-state index is 11.7. The Labute approximate surface area is 98.0 Å². The summed E-state index contributed by atoms with van der Waals surface area (Å²) in [7, 11) is 1.59. The average Bonchev–Trinajstić information content (AvgIpc) is 2.09. The van der Waals surface area contributed by atoms with Gasteiger partial charge in [0.15, 0.2) is 0 Å². The van der Waals surface area contributed by atoms with Gasteiger partial charge in [-0.25, -0.2) is 4.79 Å². The van der Waals surface area contributed by atoms with Gasteiger partial charge in [-0.05, 0) is 33.1 Å². The van der Waals surface area contributed by atoms with Gasteiger partial charge >= 0.3 is 6.09 Å². The molecule has 4 nitrogen and oxygen atoms in total. The molecule has 4 heteroatoms. The first kappa shape index (κ1) is 14.9. The van der Waals surface area contributed by atoms with E-state index in [0.717, 1.165) is 6.29 Å². The number of carbonyl (C=O) groups is 2. The molecule has 94 valence electrons. The number of aldehydes is 1. The largest absolute Gasteiger partial charge is 0.444 e. The number of ether oxygens (including phenoxy) is 1. The Balaban J connectivity index is 4.44. The molecule has 0 aliphatic heterocycles. The van der Waals surface area contributed by atoms with E-state index in [2.05, 4.69) is 0 Å². The van der Waals surface area contributed by atoms with Crippen molar-refractivity contribution < 1.29 is 14.3 Å². The van der Waals surface area contributed by atoms with Crippen molar-refractivity contribution in [3.63, 3.8) is 0 Å². The molecule has 0 saturated heterocycles. The highest BCUT2D eigenvalue weighted by Crippen LogP contribution is 2.13. The van der Waals surface area contributed by atoms with Crippen LogP contribution >= 0.6 is 0 Å². The maximum Gasteiger partial charge on any atom is 0.410 e. The molecular weight excluding hydrogens is 206 g/mol. The zero-order chi connectivity index (χ0) is 12.9. The summed E-state index contributed by atoms with van der Waals surface area (Å²) < 4.78 is 5.19. The molecule has 0 spiro atoms. The lowest BCUT2D eigenvalue weighted by Crippen LogP contribution is -2.42. The lowest BCUT2D eigenvalue weighted by atomic mass is 10.0. The topological polar surface area (TPSA) is 46.6 Å². The van der Waals surface area contributed by atoms with Gasteiger partial charge in [-0.2, -0.15) is 0 Å². The molecule has 0 saturated carbocycles. The summed E-state index contributed by atoms with van der Waals surface area (Å²) in [6, 6.07) is -0.408. The van der Waals surface area contributed by atoms with Crippen molar-refractivity contribution in [1.29, 1.82) is 0 Å². The third-order valence-corrected chi connectivity index (χ3v) is 2.05. The summed E-state index contributed by atoms with van der Waals surface area (Å²) >= 11 is 0. The number of likely N-dealkylation sites (N-methyl/N-ethyl adjacent to an activating group) is 1. The maximum atomic E-state index is 11.7. The van der Waals surface area contributed by atoms with Crippen LogP contribution in [0.1, 0.15) is 41.0 Å². The lowest BCUT2D eigenvalue weighted by Gasteiger charge is -2.28. The van der Waals surface area contributed by atoms with Crippen LogP contribution in [-0.2, 0) is 9.53 Å². The highest BCUT2D eigenvalue weighted by Gasteiger charge is 2.25. The number of hydrogen-bond acceptors (Lipinski definition) is 3. The third-order valence-electron chi connectivity index (χ3n) is 2.05. The Hall–Kier alpha value is -1.06. The molecule has 1 amide bonds. The Morgan fingerprint density at radius 3 is 2.19 bits per heavy atom. The summed E-state index contributed by atoms with van der Waals surface area (Å²) in [5, 5.41) is 0. The van der Waals surface area contributed by atoms with Crippen LogP contribution in [0.4, 0.5) is 4.79 Å². The molecular formula is C12H23NO3. The molecule has 0 rings (SSSR count). The molecule has 1 atom stereocenters. The highest BCUT2D eigenvalue weighted by molar-refractivity contribution is 5.73. The second-order valence-electron chi connectivity index (χ2n) is 5.42. The van der Waals surface area contributed by atoms with E-state index < -0.39 is 17.7 Å². The first-order valence-corrected chi connectivity index (χ1v) is 5.58. The van der Waals surface area contributed by atoms with E-state index in [4.69, 9.17) is 4.74 Å². The fraction of sp³-hybridized carbons (Fsp3) is 0.833. The van der Waals surface area contributed by atoms with Crippen molar-refractivity contribution >= 4 is 12.4 Å². The smallest absolute Gasteiger partial charge is 0.410 e. The van der Waals surface area contributed by atoms with Crippen molar-refractivity contribution in [2.75, 3.05) is 7.05 Å². The van der Waals surface area contributed by atoms with Crippen LogP contribution in [0.2, 0.25) is 0 Å². The summed E-state index contributed by atoms with van der Waals surface area (Å²) in [4.78, 5) is 23.9. The van der Waals surface area contributed by atoms with Crippen molar-refractivity contribution in [3.05, 3.63) is 0 Å². The van der Waals surface area contributed by atoms with Crippen molar-refractivity contribution in [3.8, 4) is 0 Å². The molecule has 0 heterocycles. The molecule has 0 fully saturated rings. The standard InChI is InChI=1S/C12H23NO3/c1-9(2)7-10(8-14)13(6)11(15)16-12(3,4)5/h8-10H,7H2,1-6H3. The normalized spacial score (nSPS) is 13.4. The van der Waals surface area contributed by atoms with E-state index in [1.165, 1.54) is 4.90 Å². The average molecular weight is 229 g/mol. The molecule has 0 bridgehead atoms.